The van der Waals surface area contributed by atoms with Crippen LogP contribution < -0.4 is 10.1 Å². The molecule has 1 aromatic heterocycles. The number of aromatic nitrogens is 2. The van der Waals surface area contributed by atoms with E-state index in [1.165, 1.54) is 0 Å². The second-order valence-electron chi connectivity index (χ2n) is 6.63. The molecule has 0 saturated heterocycles. The van der Waals surface area contributed by atoms with E-state index in [0.29, 0.717) is 36.2 Å². The third kappa shape index (κ3) is 4.71. The molecule has 0 saturated carbocycles. The molecule has 0 radical (unpaired) electrons. The summed E-state index contributed by atoms with van der Waals surface area (Å²) in [7, 11) is 1.63. The molecule has 6 heteroatoms. The maximum absolute atomic E-state index is 13.0. The van der Waals surface area contributed by atoms with E-state index >= 15 is 0 Å². The molecule has 0 bridgehead atoms. The smallest absolute Gasteiger partial charge is 0.272 e. The fourth-order valence-corrected chi connectivity index (χ4v) is 3.07. The van der Waals surface area contributed by atoms with Crippen molar-refractivity contribution in [1.82, 2.24) is 14.9 Å². The molecule has 0 aliphatic carbocycles. The molecular weight excluding hydrogens is 364 g/mol. The van der Waals surface area contributed by atoms with Crippen LogP contribution in [-0.2, 0) is 0 Å². The maximum Gasteiger partial charge on any atom is 0.272 e. The summed E-state index contributed by atoms with van der Waals surface area (Å²) in [4.78, 5) is 23.9. The molecule has 0 unspecified atom stereocenters. The van der Waals surface area contributed by atoms with Crippen LogP contribution in [0.15, 0.2) is 54.6 Å². The Morgan fingerprint density at radius 3 is 2.41 bits per heavy atom. The molecule has 1 amide bonds. The monoisotopic (exact) mass is 390 g/mol. The number of hydrogen-bond donors (Lipinski definition) is 1. The van der Waals surface area contributed by atoms with Gasteiger partial charge in [-0.1, -0.05) is 36.4 Å². The van der Waals surface area contributed by atoms with E-state index in [-0.39, 0.29) is 5.91 Å². The van der Waals surface area contributed by atoms with E-state index in [1.807, 2.05) is 69.3 Å². The summed E-state index contributed by atoms with van der Waals surface area (Å²) >= 11 is 0. The first-order valence-electron chi connectivity index (χ1n) is 9.71. The van der Waals surface area contributed by atoms with Gasteiger partial charge >= 0.3 is 0 Å². The van der Waals surface area contributed by atoms with Crippen molar-refractivity contribution in [3.05, 3.63) is 65.9 Å². The Balaban J connectivity index is 2.08. The van der Waals surface area contributed by atoms with Crippen LogP contribution in [0.3, 0.4) is 0 Å². The number of benzene rings is 2. The highest BCUT2D eigenvalue weighted by atomic mass is 16.5. The third-order valence-corrected chi connectivity index (χ3v) is 4.65. The molecule has 1 heterocycles. The Hall–Kier alpha value is -3.41. The fourth-order valence-electron chi connectivity index (χ4n) is 3.07. The summed E-state index contributed by atoms with van der Waals surface area (Å²) in [5.74, 6) is 1.62. The number of nitrogens with zero attached hydrogens (tertiary/aromatic N) is 3. The van der Waals surface area contributed by atoms with Crippen molar-refractivity contribution in [2.24, 2.45) is 0 Å². The Bertz CT molecular complexity index is 985. The SMILES string of the molecule is CCN(CC)C(=O)c1cc(Nc2cc(C)ccc2OC)nc(-c2ccccc2)n1. The predicted molar refractivity (Wildman–Crippen MR) is 116 cm³/mol. The van der Waals surface area contributed by atoms with Crippen molar-refractivity contribution >= 4 is 17.4 Å². The molecule has 3 rings (SSSR count). The Morgan fingerprint density at radius 1 is 1.03 bits per heavy atom. The van der Waals surface area contributed by atoms with Crippen LogP contribution in [0.1, 0.15) is 29.9 Å². The minimum atomic E-state index is -0.117. The van der Waals surface area contributed by atoms with Crippen LogP contribution in [0.4, 0.5) is 11.5 Å². The number of anilines is 2. The van der Waals surface area contributed by atoms with Gasteiger partial charge in [-0.15, -0.1) is 0 Å². The second kappa shape index (κ2) is 9.19. The summed E-state index contributed by atoms with van der Waals surface area (Å²) in [6.45, 7) is 7.16. The average Bonchev–Trinajstić information content (AvgIpc) is 2.75. The number of rotatable bonds is 7. The minimum absolute atomic E-state index is 0.117. The lowest BCUT2D eigenvalue weighted by Crippen LogP contribution is -2.31. The van der Waals surface area contributed by atoms with Crippen molar-refractivity contribution in [2.45, 2.75) is 20.8 Å². The Kier molecular flexibility index (Phi) is 6.44. The molecule has 1 N–H and O–H groups in total. The number of nitrogens with one attached hydrogen (secondary N) is 1. The van der Waals surface area contributed by atoms with Crippen LogP contribution in [0.5, 0.6) is 5.75 Å². The summed E-state index contributed by atoms with van der Waals surface area (Å²) in [5.41, 5.74) is 3.08. The van der Waals surface area contributed by atoms with E-state index in [1.54, 1.807) is 18.1 Å². The van der Waals surface area contributed by atoms with Gasteiger partial charge in [0.15, 0.2) is 5.82 Å². The van der Waals surface area contributed by atoms with E-state index in [4.69, 9.17) is 4.74 Å². The molecule has 6 nitrogen and oxygen atoms in total. The Labute approximate surface area is 171 Å². The topological polar surface area (TPSA) is 67.4 Å². The van der Waals surface area contributed by atoms with E-state index in [2.05, 4.69) is 15.3 Å². The van der Waals surface area contributed by atoms with Crippen molar-refractivity contribution in [1.29, 1.82) is 0 Å². The van der Waals surface area contributed by atoms with Crippen LogP contribution in [0, 0.1) is 6.92 Å². The van der Waals surface area contributed by atoms with Gasteiger partial charge < -0.3 is 15.0 Å². The number of carbonyl (C=O) groups is 1. The average molecular weight is 390 g/mol. The third-order valence-electron chi connectivity index (χ3n) is 4.65. The van der Waals surface area contributed by atoms with Gasteiger partial charge in [-0.25, -0.2) is 9.97 Å². The lowest BCUT2D eigenvalue weighted by atomic mass is 10.2. The van der Waals surface area contributed by atoms with Crippen LogP contribution in [0.25, 0.3) is 11.4 Å². The van der Waals surface area contributed by atoms with Gasteiger partial charge in [-0.2, -0.15) is 0 Å². The molecule has 0 aliphatic heterocycles. The first kappa shape index (κ1) is 20.3. The van der Waals surface area contributed by atoms with Gasteiger partial charge in [0, 0.05) is 24.7 Å². The first-order valence-corrected chi connectivity index (χ1v) is 9.71. The lowest BCUT2D eigenvalue weighted by molar-refractivity contribution is 0.0767. The van der Waals surface area contributed by atoms with E-state index in [0.717, 1.165) is 16.8 Å². The number of ether oxygens (including phenoxy) is 1. The van der Waals surface area contributed by atoms with Gasteiger partial charge in [0.1, 0.15) is 17.3 Å². The van der Waals surface area contributed by atoms with Crippen molar-refractivity contribution in [3.63, 3.8) is 0 Å². The zero-order valence-corrected chi connectivity index (χ0v) is 17.3. The molecule has 150 valence electrons. The van der Waals surface area contributed by atoms with Gasteiger partial charge in [0.25, 0.3) is 5.91 Å². The number of carbonyl (C=O) groups excluding carboxylic acids is 1. The summed E-state index contributed by atoms with van der Waals surface area (Å²) in [5, 5.41) is 3.30. The van der Waals surface area contributed by atoms with Crippen molar-refractivity contribution < 1.29 is 9.53 Å². The fraction of sp³-hybridized carbons (Fsp3) is 0.261. The number of hydrogen-bond acceptors (Lipinski definition) is 5. The second-order valence-corrected chi connectivity index (χ2v) is 6.63. The maximum atomic E-state index is 13.0. The Morgan fingerprint density at radius 2 is 1.76 bits per heavy atom. The van der Waals surface area contributed by atoms with Gasteiger partial charge in [-0.05, 0) is 38.5 Å². The molecule has 0 fully saturated rings. The molecule has 29 heavy (non-hydrogen) atoms. The normalized spacial score (nSPS) is 10.5. The minimum Gasteiger partial charge on any atom is -0.495 e. The van der Waals surface area contributed by atoms with Crippen molar-refractivity contribution in [3.8, 4) is 17.1 Å². The van der Waals surface area contributed by atoms with Crippen molar-refractivity contribution in [2.75, 3.05) is 25.5 Å². The van der Waals surface area contributed by atoms with Gasteiger partial charge in [-0.3, -0.25) is 4.79 Å². The quantitative estimate of drug-likeness (QED) is 0.634. The number of aryl methyl sites for hydroxylation is 1. The summed E-state index contributed by atoms with van der Waals surface area (Å²) < 4.78 is 5.46. The highest BCUT2D eigenvalue weighted by Crippen LogP contribution is 2.29. The van der Waals surface area contributed by atoms with E-state index in [9.17, 15) is 4.79 Å². The standard InChI is InChI=1S/C23H26N4O2/c1-5-27(6-2)23(28)19-15-21(24-18-14-16(3)12-13-20(18)29-4)26-22(25-19)17-10-8-7-9-11-17/h7-15H,5-6H2,1-4H3,(H,24,25,26). The summed E-state index contributed by atoms with van der Waals surface area (Å²) in [6.07, 6.45) is 0. The van der Waals surface area contributed by atoms with E-state index < -0.39 is 0 Å². The molecule has 0 aliphatic rings. The molecule has 2 aromatic carbocycles. The number of methoxy groups -OCH3 is 1. The van der Waals surface area contributed by atoms with Gasteiger partial charge in [0.05, 0.1) is 12.8 Å². The predicted octanol–water partition coefficient (Wildman–Crippen LogP) is 4.69. The molecule has 0 spiro atoms. The van der Waals surface area contributed by atoms with Crippen LogP contribution in [-0.4, -0.2) is 41.0 Å². The zero-order valence-electron chi connectivity index (χ0n) is 17.3. The summed E-state index contributed by atoms with van der Waals surface area (Å²) in [6, 6.07) is 17.2. The molecule has 0 atom stereocenters. The highest BCUT2D eigenvalue weighted by Gasteiger charge is 2.18. The highest BCUT2D eigenvalue weighted by molar-refractivity contribution is 5.93. The van der Waals surface area contributed by atoms with Gasteiger partial charge in [0.2, 0.25) is 0 Å². The molecular formula is C23H26N4O2. The largest absolute Gasteiger partial charge is 0.495 e. The molecule has 3 aromatic rings. The zero-order chi connectivity index (χ0) is 20.8. The number of amides is 1. The van der Waals surface area contributed by atoms with Crippen LogP contribution in [0.2, 0.25) is 0 Å². The first-order chi connectivity index (χ1) is 14.0. The lowest BCUT2D eigenvalue weighted by Gasteiger charge is -2.19. The van der Waals surface area contributed by atoms with Crippen LogP contribution >= 0.6 is 0 Å².